The smallest absolute Gasteiger partial charge is 0.265 e. The maximum Gasteiger partial charge on any atom is 0.265 e. The van der Waals surface area contributed by atoms with Crippen LogP contribution in [0.3, 0.4) is 0 Å². The van der Waals surface area contributed by atoms with E-state index in [0.717, 1.165) is 0 Å². The van der Waals surface area contributed by atoms with E-state index < -0.39 is 16.1 Å². The fraction of sp³-hybridized carbons (Fsp3) is 0.136. The molecule has 0 heterocycles. The molecule has 0 unspecified atom stereocenters. The lowest BCUT2D eigenvalue weighted by Gasteiger charge is -2.15. The molecule has 3 aromatic carbocycles. The van der Waals surface area contributed by atoms with Gasteiger partial charge in [-0.05, 0) is 73.7 Å². The second-order valence-electron chi connectivity index (χ2n) is 6.68. The van der Waals surface area contributed by atoms with Gasteiger partial charge in [0.05, 0.1) is 22.7 Å². The predicted octanol–water partition coefficient (Wildman–Crippen LogP) is 5.21. The molecule has 0 fully saturated rings. The summed E-state index contributed by atoms with van der Waals surface area (Å²) in [5.41, 5.74) is 0.626. The molecule has 0 saturated heterocycles. The van der Waals surface area contributed by atoms with Gasteiger partial charge >= 0.3 is 0 Å². The fourth-order valence-corrected chi connectivity index (χ4v) is 4.24. The minimum absolute atomic E-state index is 0.00375. The molecule has 0 bridgehead atoms. The van der Waals surface area contributed by atoms with E-state index in [2.05, 4.69) is 10.0 Å². The maximum atomic E-state index is 12.6. The van der Waals surface area contributed by atoms with Gasteiger partial charge in [0.2, 0.25) is 0 Å². The number of hydrogen-bond acceptors (Lipinski definition) is 5. The molecule has 0 radical (unpaired) electrons. The van der Waals surface area contributed by atoms with E-state index in [1.165, 1.54) is 42.5 Å². The van der Waals surface area contributed by atoms with Crippen LogP contribution in [0.15, 0.2) is 71.6 Å². The number of methoxy groups -OCH3 is 1. The molecule has 0 aliphatic heterocycles. The SMILES string of the molecule is COc1ccc(O[C@H](C)C(=O)Nc2ccc(S(=O)(=O)Nc3ccc(Cl)cc3Cl)cc2)cc1. The van der Waals surface area contributed by atoms with Crippen molar-refractivity contribution in [3.8, 4) is 11.5 Å². The third-order valence-corrected chi connectivity index (χ3v) is 6.28. The Labute approximate surface area is 196 Å². The molecule has 10 heteroatoms. The van der Waals surface area contributed by atoms with Gasteiger partial charge in [0, 0.05) is 10.7 Å². The number of hydrogen-bond donors (Lipinski definition) is 2. The van der Waals surface area contributed by atoms with Gasteiger partial charge in [0.1, 0.15) is 11.5 Å². The third kappa shape index (κ3) is 6.06. The molecule has 32 heavy (non-hydrogen) atoms. The molecule has 0 aliphatic rings. The van der Waals surface area contributed by atoms with Crippen LogP contribution >= 0.6 is 23.2 Å². The van der Waals surface area contributed by atoms with Crippen LogP contribution in [0.5, 0.6) is 11.5 Å². The van der Waals surface area contributed by atoms with Gasteiger partial charge < -0.3 is 14.8 Å². The van der Waals surface area contributed by atoms with Crippen LogP contribution in [0.25, 0.3) is 0 Å². The second kappa shape index (κ2) is 10.1. The van der Waals surface area contributed by atoms with Crippen molar-refractivity contribution in [3.05, 3.63) is 76.8 Å². The summed E-state index contributed by atoms with van der Waals surface area (Å²) in [6.07, 6.45) is -0.777. The summed E-state index contributed by atoms with van der Waals surface area (Å²) in [5, 5.41) is 3.26. The van der Waals surface area contributed by atoms with Gasteiger partial charge in [-0.3, -0.25) is 9.52 Å². The molecule has 3 aromatic rings. The Morgan fingerprint density at radius 2 is 1.56 bits per heavy atom. The van der Waals surface area contributed by atoms with Crippen LogP contribution in [0, 0.1) is 0 Å². The topological polar surface area (TPSA) is 93.7 Å². The number of nitrogens with one attached hydrogen (secondary N) is 2. The third-order valence-electron chi connectivity index (χ3n) is 4.35. The fourth-order valence-electron chi connectivity index (χ4n) is 2.65. The summed E-state index contributed by atoms with van der Waals surface area (Å²) >= 11 is 11.9. The molecule has 3 rings (SSSR count). The van der Waals surface area contributed by atoms with Crippen molar-refractivity contribution in [2.75, 3.05) is 17.1 Å². The van der Waals surface area contributed by atoms with Gasteiger partial charge in [-0.25, -0.2) is 8.42 Å². The molecule has 0 aliphatic carbocycles. The molecular formula is C22H20Cl2N2O5S. The summed E-state index contributed by atoms with van der Waals surface area (Å²) < 4.78 is 38.3. The first-order chi connectivity index (χ1) is 15.2. The maximum absolute atomic E-state index is 12.6. The molecule has 2 N–H and O–H groups in total. The van der Waals surface area contributed by atoms with Crippen LogP contribution in [0.2, 0.25) is 10.0 Å². The number of amides is 1. The zero-order valence-corrected chi connectivity index (χ0v) is 19.5. The van der Waals surface area contributed by atoms with Crippen LogP contribution in [-0.4, -0.2) is 27.5 Å². The highest BCUT2D eigenvalue weighted by Crippen LogP contribution is 2.28. The van der Waals surface area contributed by atoms with Crippen LogP contribution in [0.1, 0.15) is 6.92 Å². The van der Waals surface area contributed by atoms with Crippen molar-refractivity contribution in [3.63, 3.8) is 0 Å². The molecule has 168 valence electrons. The predicted molar refractivity (Wildman–Crippen MR) is 125 cm³/mol. The average molecular weight is 495 g/mol. The monoisotopic (exact) mass is 494 g/mol. The zero-order chi connectivity index (χ0) is 23.3. The largest absolute Gasteiger partial charge is 0.497 e. The van der Waals surface area contributed by atoms with Crippen molar-refractivity contribution in [2.45, 2.75) is 17.9 Å². The Balaban J connectivity index is 1.63. The van der Waals surface area contributed by atoms with E-state index in [9.17, 15) is 13.2 Å². The Morgan fingerprint density at radius 3 is 2.16 bits per heavy atom. The van der Waals surface area contributed by atoms with Crippen LogP contribution in [0.4, 0.5) is 11.4 Å². The Kier molecular flexibility index (Phi) is 7.50. The lowest BCUT2D eigenvalue weighted by Crippen LogP contribution is -2.30. The van der Waals surface area contributed by atoms with Crippen molar-refractivity contribution < 1.29 is 22.7 Å². The Hall–Kier alpha value is -2.94. The zero-order valence-electron chi connectivity index (χ0n) is 17.1. The number of halogens is 2. The molecule has 0 spiro atoms. The van der Waals surface area contributed by atoms with Gasteiger partial charge in [-0.15, -0.1) is 0 Å². The molecule has 1 amide bonds. The van der Waals surface area contributed by atoms with Crippen molar-refractivity contribution in [1.82, 2.24) is 0 Å². The highest BCUT2D eigenvalue weighted by Gasteiger charge is 2.18. The van der Waals surface area contributed by atoms with E-state index in [0.29, 0.717) is 22.2 Å². The first-order valence-electron chi connectivity index (χ1n) is 9.37. The van der Waals surface area contributed by atoms with Crippen molar-refractivity contribution >= 4 is 50.5 Å². The van der Waals surface area contributed by atoms with Gasteiger partial charge in [-0.2, -0.15) is 0 Å². The summed E-state index contributed by atoms with van der Waals surface area (Å²) in [6, 6.07) is 17.0. The number of ether oxygens (including phenoxy) is 2. The van der Waals surface area contributed by atoms with E-state index >= 15 is 0 Å². The number of rotatable bonds is 8. The van der Waals surface area contributed by atoms with E-state index in [4.69, 9.17) is 32.7 Å². The summed E-state index contributed by atoms with van der Waals surface area (Å²) in [4.78, 5) is 12.4. The minimum atomic E-state index is -3.88. The van der Waals surface area contributed by atoms with Crippen LogP contribution < -0.4 is 19.5 Å². The molecule has 1 atom stereocenters. The molecule has 0 saturated carbocycles. The van der Waals surface area contributed by atoms with Crippen molar-refractivity contribution in [2.24, 2.45) is 0 Å². The standard InChI is InChI=1S/C22H20Cl2N2O5S/c1-14(31-18-8-6-17(30-2)7-9-18)22(27)25-16-4-10-19(11-5-16)32(28,29)26-21-12-3-15(23)13-20(21)24/h3-14,26H,1-2H3,(H,25,27)/t14-/m1/s1. The van der Waals surface area contributed by atoms with Crippen LogP contribution in [-0.2, 0) is 14.8 Å². The summed E-state index contributed by atoms with van der Waals surface area (Å²) in [7, 11) is -2.32. The van der Waals surface area contributed by atoms with Gasteiger partial charge in [-0.1, -0.05) is 23.2 Å². The number of benzene rings is 3. The highest BCUT2D eigenvalue weighted by molar-refractivity contribution is 7.92. The molecular weight excluding hydrogens is 475 g/mol. The Bertz CT molecular complexity index is 1200. The number of carbonyl (C=O) groups excluding carboxylic acids is 1. The lowest BCUT2D eigenvalue weighted by atomic mass is 10.3. The molecule has 0 aromatic heterocycles. The molecule has 7 nitrogen and oxygen atoms in total. The summed E-state index contributed by atoms with van der Waals surface area (Å²) in [6.45, 7) is 1.61. The van der Waals surface area contributed by atoms with Crippen molar-refractivity contribution in [1.29, 1.82) is 0 Å². The minimum Gasteiger partial charge on any atom is -0.497 e. The number of carbonyl (C=O) groups is 1. The number of sulfonamides is 1. The van der Waals surface area contributed by atoms with Gasteiger partial charge in [0.25, 0.3) is 15.9 Å². The highest BCUT2D eigenvalue weighted by atomic mass is 35.5. The second-order valence-corrected chi connectivity index (χ2v) is 9.20. The first kappa shape index (κ1) is 23.7. The van der Waals surface area contributed by atoms with E-state index in [1.807, 2.05) is 0 Å². The lowest BCUT2D eigenvalue weighted by molar-refractivity contribution is -0.122. The first-order valence-corrected chi connectivity index (χ1v) is 11.6. The number of anilines is 2. The summed E-state index contributed by atoms with van der Waals surface area (Å²) in [5.74, 6) is 0.807. The quantitative estimate of drug-likeness (QED) is 0.448. The van der Waals surface area contributed by atoms with E-state index in [-0.39, 0.29) is 21.5 Å². The normalized spacial score (nSPS) is 12.0. The van der Waals surface area contributed by atoms with E-state index in [1.54, 1.807) is 38.3 Å². The van der Waals surface area contributed by atoms with Gasteiger partial charge in [0.15, 0.2) is 6.10 Å². The average Bonchev–Trinajstić information content (AvgIpc) is 2.76. The Morgan fingerprint density at radius 1 is 0.938 bits per heavy atom.